The van der Waals surface area contributed by atoms with Gasteiger partial charge in [-0.25, -0.2) is 15.0 Å². The monoisotopic (exact) mass is 348 g/mol. The van der Waals surface area contributed by atoms with E-state index in [2.05, 4.69) is 33.9 Å². The molecule has 1 saturated heterocycles. The Morgan fingerprint density at radius 1 is 1.08 bits per heavy atom. The molecule has 0 unspecified atom stereocenters. The van der Waals surface area contributed by atoms with Crippen molar-refractivity contribution in [3.8, 4) is 22.6 Å². The molecule has 1 fully saturated rings. The second-order valence-electron chi connectivity index (χ2n) is 7.00. The van der Waals surface area contributed by atoms with E-state index >= 15 is 0 Å². The molecule has 0 bridgehead atoms. The van der Waals surface area contributed by atoms with Gasteiger partial charge in [-0.2, -0.15) is 0 Å². The number of hydrogen-bond acceptors (Lipinski definition) is 5. The van der Waals surface area contributed by atoms with E-state index in [-0.39, 0.29) is 0 Å². The molecule has 0 N–H and O–H groups in total. The number of likely N-dealkylation sites (tertiary alicyclic amines) is 1. The highest BCUT2D eigenvalue weighted by Gasteiger charge is 2.21. The van der Waals surface area contributed by atoms with E-state index in [0.717, 1.165) is 41.1 Å². The topological polar surface area (TPSA) is 55.1 Å². The molecule has 26 heavy (non-hydrogen) atoms. The lowest BCUT2D eigenvalue weighted by Crippen LogP contribution is -2.29. The van der Waals surface area contributed by atoms with Gasteiger partial charge in [-0.15, -0.1) is 0 Å². The molecule has 5 nitrogen and oxygen atoms in total. The minimum Gasteiger partial charge on any atom is -0.441 e. The molecule has 5 heteroatoms. The molecule has 2 aromatic heterocycles. The summed E-state index contributed by atoms with van der Waals surface area (Å²) in [6, 6.07) is 8.88. The van der Waals surface area contributed by atoms with Gasteiger partial charge < -0.3 is 9.32 Å². The van der Waals surface area contributed by atoms with Gasteiger partial charge in [-0.3, -0.25) is 0 Å². The lowest BCUT2D eigenvalue weighted by molar-refractivity contribution is 0.271. The molecule has 0 amide bonds. The molecule has 0 saturated carbocycles. The van der Waals surface area contributed by atoms with Gasteiger partial charge in [0.05, 0.1) is 5.69 Å². The van der Waals surface area contributed by atoms with Gasteiger partial charge in [0.25, 0.3) is 0 Å². The fourth-order valence-corrected chi connectivity index (χ4v) is 3.61. The van der Waals surface area contributed by atoms with Crippen LogP contribution >= 0.6 is 0 Å². The number of rotatable bonds is 5. The average molecular weight is 348 g/mol. The van der Waals surface area contributed by atoms with Crippen molar-refractivity contribution in [1.82, 2.24) is 19.9 Å². The van der Waals surface area contributed by atoms with Gasteiger partial charge in [0, 0.05) is 42.5 Å². The summed E-state index contributed by atoms with van der Waals surface area (Å²) in [7, 11) is 0. The zero-order valence-electron chi connectivity index (χ0n) is 15.4. The normalized spacial score (nSPS) is 17.7. The first-order valence-corrected chi connectivity index (χ1v) is 9.27. The van der Waals surface area contributed by atoms with Crippen LogP contribution in [0.25, 0.3) is 22.6 Å². The Morgan fingerprint density at radius 3 is 2.50 bits per heavy atom. The summed E-state index contributed by atoms with van der Waals surface area (Å²) in [5.74, 6) is 1.62. The van der Waals surface area contributed by atoms with Crippen LogP contribution in [0.15, 0.2) is 47.4 Å². The molecule has 1 aliphatic rings. The first-order chi connectivity index (χ1) is 12.7. The minimum atomic E-state index is 0.691. The van der Waals surface area contributed by atoms with E-state index in [1.165, 1.54) is 25.7 Å². The van der Waals surface area contributed by atoms with Crippen LogP contribution in [-0.2, 0) is 6.42 Å². The number of aryl methyl sites for hydroxylation is 1. The maximum absolute atomic E-state index is 5.93. The van der Waals surface area contributed by atoms with Crippen LogP contribution in [0.2, 0.25) is 0 Å². The number of aromatic nitrogens is 3. The van der Waals surface area contributed by atoms with Gasteiger partial charge in [-0.1, -0.05) is 12.1 Å². The van der Waals surface area contributed by atoms with E-state index in [1.807, 2.05) is 31.5 Å². The van der Waals surface area contributed by atoms with Gasteiger partial charge in [0.1, 0.15) is 12.1 Å². The zero-order valence-corrected chi connectivity index (χ0v) is 15.4. The quantitative estimate of drug-likeness (QED) is 0.694. The van der Waals surface area contributed by atoms with Crippen LogP contribution in [0, 0.1) is 6.92 Å². The van der Waals surface area contributed by atoms with Crippen LogP contribution in [0.1, 0.15) is 31.2 Å². The predicted octanol–water partition coefficient (Wildman–Crippen LogP) is 4.13. The van der Waals surface area contributed by atoms with E-state index in [9.17, 15) is 0 Å². The SMILES string of the molecule is Cc1oc(-c2ccc(-c3cncnc3)cc2)nc1CCN1CCC[C@H]1C. The zero-order chi connectivity index (χ0) is 17.9. The molecule has 1 atom stereocenters. The Kier molecular flexibility index (Phi) is 4.80. The van der Waals surface area contributed by atoms with Crippen LogP contribution in [0.5, 0.6) is 0 Å². The third kappa shape index (κ3) is 3.53. The van der Waals surface area contributed by atoms with E-state index < -0.39 is 0 Å². The first-order valence-electron chi connectivity index (χ1n) is 9.27. The van der Waals surface area contributed by atoms with Crippen molar-refractivity contribution >= 4 is 0 Å². The first kappa shape index (κ1) is 16.9. The van der Waals surface area contributed by atoms with Crippen molar-refractivity contribution in [2.75, 3.05) is 13.1 Å². The molecular formula is C21H24N4O. The Bertz CT molecular complexity index is 857. The number of benzene rings is 1. The smallest absolute Gasteiger partial charge is 0.226 e. The highest BCUT2D eigenvalue weighted by Crippen LogP contribution is 2.26. The van der Waals surface area contributed by atoms with Crippen LogP contribution in [-0.4, -0.2) is 39.0 Å². The van der Waals surface area contributed by atoms with Crippen molar-refractivity contribution in [2.45, 2.75) is 39.2 Å². The Morgan fingerprint density at radius 2 is 1.81 bits per heavy atom. The largest absolute Gasteiger partial charge is 0.441 e. The number of hydrogen-bond donors (Lipinski definition) is 0. The van der Waals surface area contributed by atoms with E-state index in [0.29, 0.717) is 11.9 Å². The summed E-state index contributed by atoms with van der Waals surface area (Å²) in [4.78, 5) is 15.4. The van der Waals surface area contributed by atoms with Gasteiger partial charge in [-0.05, 0) is 50.9 Å². The van der Waals surface area contributed by atoms with Crippen molar-refractivity contribution < 1.29 is 4.42 Å². The Hall–Kier alpha value is -2.53. The molecule has 1 aromatic carbocycles. The van der Waals surface area contributed by atoms with Crippen molar-refractivity contribution in [2.24, 2.45) is 0 Å². The molecule has 0 spiro atoms. The molecule has 0 radical (unpaired) electrons. The fraction of sp³-hybridized carbons (Fsp3) is 0.381. The lowest BCUT2D eigenvalue weighted by atomic mass is 10.1. The maximum Gasteiger partial charge on any atom is 0.226 e. The van der Waals surface area contributed by atoms with E-state index in [1.54, 1.807) is 0 Å². The highest BCUT2D eigenvalue weighted by atomic mass is 16.4. The highest BCUT2D eigenvalue weighted by molar-refractivity contribution is 5.66. The van der Waals surface area contributed by atoms with Gasteiger partial charge in [0.15, 0.2) is 0 Å². The summed E-state index contributed by atoms with van der Waals surface area (Å²) in [6.45, 7) is 6.58. The fourth-order valence-electron chi connectivity index (χ4n) is 3.61. The van der Waals surface area contributed by atoms with Crippen LogP contribution in [0.4, 0.5) is 0 Å². The third-order valence-corrected chi connectivity index (χ3v) is 5.24. The summed E-state index contributed by atoms with van der Waals surface area (Å²) >= 11 is 0. The molecular weight excluding hydrogens is 324 g/mol. The number of nitrogens with zero attached hydrogens (tertiary/aromatic N) is 4. The summed E-state index contributed by atoms with van der Waals surface area (Å²) in [5, 5.41) is 0. The molecule has 3 aromatic rings. The third-order valence-electron chi connectivity index (χ3n) is 5.24. The molecule has 4 rings (SSSR count). The number of oxazole rings is 1. The summed E-state index contributed by atoms with van der Waals surface area (Å²) < 4.78 is 5.93. The summed E-state index contributed by atoms with van der Waals surface area (Å²) in [6.07, 6.45) is 8.73. The molecule has 1 aliphatic heterocycles. The summed E-state index contributed by atoms with van der Waals surface area (Å²) in [5.41, 5.74) is 4.15. The van der Waals surface area contributed by atoms with Crippen molar-refractivity contribution in [3.05, 3.63) is 54.4 Å². The maximum atomic E-state index is 5.93. The second kappa shape index (κ2) is 7.38. The Labute approximate surface area is 154 Å². The minimum absolute atomic E-state index is 0.691. The standard InChI is InChI=1S/C21H24N4O/c1-15-4-3-10-25(15)11-9-20-16(2)26-21(24-20)18-7-5-17(6-8-18)19-12-22-14-23-13-19/h5-8,12-15H,3-4,9-11H2,1-2H3/t15-/m1/s1. The van der Waals surface area contributed by atoms with Crippen LogP contribution < -0.4 is 0 Å². The molecule has 3 heterocycles. The van der Waals surface area contributed by atoms with Gasteiger partial charge in [0.2, 0.25) is 5.89 Å². The lowest BCUT2D eigenvalue weighted by Gasteiger charge is -2.20. The molecule has 0 aliphatic carbocycles. The molecule has 134 valence electrons. The van der Waals surface area contributed by atoms with E-state index in [4.69, 9.17) is 9.40 Å². The van der Waals surface area contributed by atoms with Gasteiger partial charge >= 0.3 is 0 Å². The average Bonchev–Trinajstić information content (AvgIpc) is 3.26. The second-order valence-corrected chi connectivity index (χ2v) is 7.00. The van der Waals surface area contributed by atoms with Crippen LogP contribution in [0.3, 0.4) is 0 Å². The predicted molar refractivity (Wildman–Crippen MR) is 102 cm³/mol. The Balaban J connectivity index is 1.48. The van der Waals surface area contributed by atoms with Crippen molar-refractivity contribution in [1.29, 1.82) is 0 Å². The van der Waals surface area contributed by atoms with Crippen molar-refractivity contribution in [3.63, 3.8) is 0 Å².